The molecule has 0 bridgehead atoms. The molecule has 0 spiro atoms. The van der Waals surface area contributed by atoms with Gasteiger partial charge in [0.25, 0.3) is 0 Å². The van der Waals surface area contributed by atoms with Gasteiger partial charge in [-0.2, -0.15) is 0 Å². The summed E-state index contributed by atoms with van der Waals surface area (Å²) in [5.74, 6) is 1.26. The van der Waals surface area contributed by atoms with Crippen LogP contribution in [0.25, 0.3) is 0 Å². The second-order valence-electron chi connectivity index (χ2n) is 5.20. The summed E-state index contributed by atoms with van der Waals surface area (Å²) in [4.78, 5) is 16.0. The van der Waals surface area contributed by atoms with Crippen LogP contribution < -0.4 is 10.6 Å². The van der Waals surface area contributed by atoms with Crippen LogP contribution in [0.3, 0.4) is 0 Å². The van der Waals surface area contributed by atoms with Crippen molar-refractivity contribution in [2.45, 2.75) is 51.6 Å². The highest BCUT2D eigenvalue weighted by molar-refractivity contribution is 5.74. The van der Waals surface area contributed by atoms with Gasteiger partial charge < -0.3 is 20.2 Å². The average Bonchev–Trinajstić information content (AvgIpc) is 2.96. The van der Waals surface area contributed by atoms with Crippen LogP contribution in [0, 0.1) is 13.8 Å². The topological polar surface area (TPSA) is 87.4 Å². The average molecular weight is 267 g/mol. The van der Waals surface area contributed by atoms with Gasteiger partial charge >= 0.3 is 6.03 Å². The second kappa shape index (κ2) is 5.61. The van der Waals surface area contributed by atoms with Crippen molar-refractivity contribution in [3.63, 3.8) is 0 Å². The van der Waals surface area contributed by atoms with E-state index in [0.717, 1.165) is 37.1 Å². The van der Waals surface area contributed by atoms with Gasteiger partial charge in [0.1, 0.15) is 5.76 Å². The number of urea groups is 1. The molecule has 19 heavy (non-hydrogen) atoms. The number of aryl methyl sites for hydroxylation is 2. The molecule has 1 fully saturated rings. The Labute approximate surface area is 112 Å². The Balaban J connectivity index is 1.84. The zero-order valence-electron chi connectivity index (χ0n) is 11.5. The van der Waals surface area contributed by atoms with Crippen molar-refractivity contribution in [2.75, 3.05) is 6.61 Å². The number of aliphatic hydroxyl groups excluding tert-OH is 1. The molecular formula is C13H21N3O3. The van der Waals surface area contributed by atoms with Crippen molar-refractivity contribution in [1.82, 2.24) is 15.6 Å². The second-order valence-corrected chi connectivity index (χ2v) is 5.20. The molecule has 0 radical (unpaired) electrons. The van der Waals surface area contributed by atoms with E-state index in [1.165, 1.54) is 0 Å². The van der Waals surface area contributed by atoms with Gasteiger partial charge in [-0.25, -0.2) is 9.78 Å². The summed E-state index contributed by atoms with van der Waals surface area (Å²) in [6.45, 7) is 3.94. The molecule has 0 atom stereocenters. The highest BCUT2D eigenvalue weighted by atomic mass is 16.4. The normalized spacial score (nSPS) is 17.4. The van der Waals surface area contributed by atoms with Gasteiger partial charge in [0.05, 0.1) is 24.4 Å². The van der Waals surface area contributed by atoms with E-state index in [2.05, 4.69) is 15.6 Å². The lowest BCUT2D eigenvalue weighted by Gasteiger charge is -2.27. The number of oxazole rings is 1. The molecule has 2 rings (SSSR count). The predicted molar refractivity (Wildman–Crippen MR) is 69.6 cm³/mol. The molecule has 106 valence electrons. The fourth-order valence-corrected chi connectivity index (χ4v) is 2.43. The number of carbonyl (C=O) groups is 1. The minimum atomic E-state index is -0.452. The zero-order chi connectivity index (χ0) is 13.9. The molecule has 1 aromatic rings. The van der Waals surface area contributed by atoms with Crippen molar-refractivity contribution >= 4 is 6.03 Å². The minimum Gasteiger partial charge on any atom is -0.444 e. The van der Waals surface area contributed by atoms with Crippen molar-refractivity contribution in [3.8, 4) is 0 Å². The van der Waals surface area contributed by atoms with Gasteiger partial charge in [-0.1, -0.05) is 12.8 Å². The van der Waals surface area contributed by atoms with Gasteiger partial charge in [-0.15, -0.1) is 0 Å². The maximum atomic E-state index is 11.8. The summed E-state index contributed by atoms with van der Waals surface area (Å²) in [5.41, 5.74) is 0.381. The Morgan fingerprint density at radius 1 is 1.42 bits per heavy atom. The summed E-state index contributed by atoms with van der Waals surface area (Å²) in [6.07, 6.45) is 3.74. The Bertz CT molecular complexity index is 430. The van der Waals surface area contributed by atoms with Gasteiger partial charge in [-0.05, 0) is 26.7 Å². The number of amides is 2. The van der Waals surface area contributed by atoms with Crippen LogP contribution in [0.15, 0.2) is 4.42 Å². The Morgan fingerprint density at radius 3 is 2.63 bits per heavy atom. The third-order valence-electron chi connectivity index (χ3n) is 3.72. The SMILES string of the molecule is Cc1nc(CNC(=O)NC2(CO)CCCC2)oc1C. The van der Waals surface area contributed by atoms with Crippen molar-refractivity contribution < 1.29 is 14.3 Å². The number of aromatic nitrogens is 1. The smallest absolute Gasteiger partial charge is 0.315 e. The first-order chi connectivity index (χ1) is 9.04. The van der Waals surface area contributed by atoms with Crippen molar-refractivity contribution in [2.24, 2.45) is 0 Å². The van der Waals surface area contributed by atoms with Gasteiger partial charge in [0.15, 0.2) is 0 Å². The summed E-state index contributed by atoms with van der Waals surface area (Å²) >= 11 is 0. The molecule has 3 N–H and O–H groups in total. The molecule has 6 heteroatoms. The third kappa shape index (κ3) is 3.26. The lowest BCUT2D eigenvalue weighted by atomic mass is 9.99. The number of rotatable bonds is 4. The lowest BCUT2D eigenvalue weighted by Crippen LogP contribution is -2.52. The van der Waals surface area contributed by atoms with E-state index < -0.39 is 5.54 Å². The van der Waals surface area contributed by atoms with E-state index in [9.17, 15) is 9.90 Å². The van der Waals surface area contributed by atoms with E-state index in [1.54, 1.807) is 0 Å². The number of hydrogen-bond acceptors (Lipinski definition) is 4. The van der Waals surface area contributed by atoms with E-state index >= 15 is 0 Å². The molecule has 6 nitrogen and oxygen atoms in total. The Morgan fingerprint density at radius 2 is 2.11 bits per heavy atom. The maximum absolute atomic E-state index is 11.8. The third-order valence-corrected chi connectivity index (χ3v) is 3.72. The van der Waals surface area contributed by atoms with E-state index in [-0.39, 0.29) is 19.2 Å². The van der Waals surface area contributed by atoms with Crippen LogP contribution in [-0.2, 0) is 6.54 Å². The van der Waals surface area contributed by atoms with Crippen LogP contribution in [0.2, 0.25) is 0 Å². The molecule has 0 unspecified atom stereocenters. The first-order valence-electron chi connectivity index (χ1n) is 6.64. The van der Waals surface area contributed by atoms with Crippen LogP contribution in [0.5, 0.6) is 0 Å². The van der Waals surface area contributed by atoms with Crippen LogP contribution in [-0.4, -0.2) is 28.3 Å². The largest absolute Gasteiger partial charge is 0.444 e. The first kappa shape index (κ1) is 13.9. The molecule has 2 amide bonds. The van der Waals surface area contributed by atoms with Gasteiger partial charge in [0.2, 0.25) is 5.89 Å². The molecule has 1 saturated carbocycles. The van der Waals surface area contributed by atoms with E-state index in [0.29, 0.717) is 5.89 Å². The van der Waals surface area contributed by atoms with Gasteiger partial charge in [0, 0.05) is 0 Å². The molecule has 1 heterocycles. The summed E-state index contributed by atoms with van der Waals surface area (Å²) < 4.78 is 5.38. The number of hydrogen-bond donors (Lipinski definition) is 3. The highest BCUT2D eigenvalue weighted by Crippen LogP contribution is 2.28. The fraction of sp³-hybridized carbons (Fsp3) is 0.692. The molecule has 1 aromatic heterocycles. The number of nitrogens with one attached hydrogen (secondary N) is 2. The van der Waals surface area contributed by atoms with Crippen molar-refractivity contribution in [1.29, 1.82) is 0 Å². The number of aliphatic hydroxyl groups is 1. The molecule has 0 saturated heterocycles. The summed E-state index contributed by atoms with van der Waals surface area (Å²) in [5, 5.41) is 15.0. The van der Waals surface area contributed by atoms with Crippen LogP contribution >= 0.6 is 0 Å². The predicted octanol–water partition coefficient (Wildman–Crippen LogP) is 1.40. The quantitative estimate of drug-likeness (QED) is 0.769. The van der Waals surface area contributed by atoms with Crippen LogP contribution in [0.1, 0.15) is 43.0 Å². The maximum Gasteiger partial charge on any atom is 0.315 e. The molecule has 0 aliphatic heterocycles. The highest BCUT2D eigenvalue weighted by Gasteiger charge is 2.34. The number of carbonyl (C=O) groups excluding carboxylic acids is 1. The molecule has 0 aromatic carbocycles. The first-order valence-corrected chi connectivity index (χ1v) is 6.64. The fourth-order valence-electron chi connectivity index (χ4n) is 2.43. The molecular weight excluding hydrogens is 246 g/mol. The summed E-state index contributed by atoms with van der Waals surface area (Å²) in [7, 11) is 0. The Hall–Kier alpha value is -1.56. The zero-order valence-corrected chi connectivity index (χ0v) is 11.5. The minimum absolute atomic E-state index is 0.0162. The lowest BCUT2D eigenvalue weighted by molar-refractivity contribution is 0.162. The Kier molecular flexibility index (Phi) is 4.09. The molecule has 1 aliphatic carbocycles. The molecule has 1 aliphatic rings. The summed E-state index contributed by atoms with van der Waals surface area (Å²) in [6, 6.07) is -0.288. The number of nitrogens with zero attached hydrogens (tertiary/aromatic N) is 1. The van der Waals surface area contributed by atoms with Crippen molar-refractivity contribution in [3.05, 3.63) is 17.3 Å². The van der Waals surface area contributed by atoms with E-state index in [4.69, 9.17) is 4.42 Å². The van der Waals surface area contributed by atoms with Gasteiger partial charge in [-0.3, -0.25) is 0 Å². The van der Waals surface area contributed by atoms with Crippen LogP contribution in [0.4, 0.5) is 4.79 Å². The van der Waals surface area contributed by atoms with E-state index in [1.807, 2.05) is 13.8 Å². The monoisotopic (exact) mass is 267 g/mol. The standard InChI is InChI=1S/C13H21N3O3/c1-9-10(2)19-11(15-9)7-14-12(18)16-13(8-17)5-3-4-6-13/h17H,3-8H2,1-2H3,(H2,14,16,18).